The molecule has 5 heteroatoms. The van der Waals surface area contributed by atoms with Crippen LogP contribution in [0.3, 0.4) is 0 Å². The molecule has 1 heterocycles. The Balaban J connectivity index is 1.67. The molecule has 0 aliphatic carbocycles. The highest BCUT2D eigenvalue weighted by molar-refractivity contribution is 7.89. The molecule has 0 spiro atoms. The van der Waals surface area contributed by atoms with Gasteiger partial charge in [0.15, 0.2) is 0 Å². The zero-order valence-corrected chi connectivity index (χ0v) is 19.7. The van der Waals surface area contributed by atoms with Crippen LogP contribution in [0.5, 0.6) is 0 Å². The summed E-state index contributed by atoms with van der Waals surface area (Å²) in [6.45, 7) is 14.0. The van der Waals surface area contributed by atoms with E-state index in [-0.39, 0.29) is 5.41 Å². The molecule has 0 amide bonds. The highest BCUT2D eigenvalue weighted by Gasteiger charge is 2.32. The van der Waals surface area contributed by atoms with E-state index in [1.54, 1.807) is 4.31 Å². The van der Waals surface area contributed by atoms with Gasteiger partial charge in [0.1, 0.15) is 0 Å². The van der Waals surface area contributed by atoms with Gasteiger partial charge in [-0.15, -0.1) is 0 Å². The number of benzene rings is 2. The Labute approximate surface area is 182 Å². The first-order valence-electron chi connectivity index (χ1n) is 10.8. The van der Waals surface area contributed by atoms with Crippen molar-refractivity contribution in [1.29, 1.82) is 0 Å². The van der Waals surface area contributed by atoms with Gasteiger partial charge in [-0.25, -0.2) is 8.42 Å². The number of aryl methyl sites for hydroxylation is 2. The number of rotatable bonds is 5. The lowest BCUT2D eigenvalue weighted by atomic mass is 9.85. The van der Waals surface area contributed by atoms with Gasteiger partial charge >= 0.3 is 0 Å². The first kappa shape index (κ1) is 22.7. The summed E-state index contributed by atoms with van der Waals surface area (Å²) in [7, 11) is -3.47. The van der Waals surface area contributed by atoms with Crippen molar-refractivity contribution in [3.63, 3.8) is 0 Å². The minimum atomic E-state index is -3.47. The SMILES string of the molecule is Cc1cc(C(C)(C)C)cc(C)c1S(=O)(=O)N1CC[NH+](C/C=C/c2ccccc2)CC1. The average molecular weight is 428 g/mol. The smallest absolute Gasteiger partial charge is 0.244 e. The van der Waals surface area contributed by atoms with E-state index in [4.69, 9.17) is 0 Å². The molecule has 0 radical (unpaired) electrons. The maximum atomic E-state index is 13.4. The number of quaternary nitrogens is 1. The van der Waals surface area contributed by atoms with Crippen molar-refractivity contribution in [3.05, 3.63) is 70.8 Å². The molecule has 3 rings (SSSR count). The maximum absolute atomic E-state index is 13.4. The lowest BCUT2D eigenvalue weighted by Crippen LogP contribution is -3.14. The molecule has 1 fully saturated rings. The first-order chi connectivity index (χ1) is 14.1. The number of hydrogen-bond acceptors (Lipinski definition) is 2. The second-order valence-electron chi connectivity index (χ2n) is 9.36. The van der Waals surface area contributed by atoms with Gasteiger partial charge in [-0.2, -0.15) is 4.31 Å². The van der Waals surface area contributed by atoms with E-state index in [1.807, 2.05) is 44.2 Å². The summed E-state index contributed by atoms with van der Waals surface area (Å²) in [6.07, 6.45) is 4.33. The van der Waals surface area contributed by atoms with Gasteiger partial charge in [-0.3, -0.25) is 0 Å². The predicted octanol–water partition coefficient (Wildman–Crippen LogP) is 3.20. The Morgan fingerprint density at radius 2 is 1.57 bits per heavy atom. The molecule has 1 N–H and O–H groups in total. The van der Waals surface area contributed by atoms with Gasteiger partial charge in [0.2, 0.25) is 10.0 Å². The molecule has 2 aromatic rings. The van der Waals surface area contributed by atoms with Crippen molar-refractivity contribution in [2.45, 2.75) is 44.9 Å². The van der Waals surface area contributed by atoms with Gasteiger partial charge in [0.05, 0.1) is 37.6 Å². The molecule has 0 atom stereocenters. The van der Waals surface area contributed by atoms with Crippen molar-refractivity contribution < 1.29 is 13.3 Å². The number of hydrogen-bond donors (Lipinski definition) is 1. The van der Waals surface area contributed by atoms with Crippen molar-refractivity contribution >= 4 is 16.1 Å². The van der Waals surface area contributed by atoms with Crippen LogP contribution in [-0.4, -0.2) is 45.4 Å². The van der Waals surface area contributed by atoms with E-state index in [1.165, 1.54) is 16.0 Å². The Hall–Kier alpha value is -1.95. The first-order valence-corrected chi connectivity index (χ1v) is 12.2. The van der Waals surface area contributed by atoms with Gasteiger partial charge in [0.25, 0.3) is 0 Å². The van der Waals surface area contributed by atoms with E-state index in [0.717, 1.165) is 30.8 Å². The number of nitrogens with zero attached hydrogens (tertiary/aromatic N) is 1. The van der Waals surface area contributed by atoms with Crippen LogP contribution >= 0.6 is 0 Å². The van der Waals surface area contributed by atoms with Crippen molar-refractivity contribution in [1.82, 2.24) is 4.31 Å². The third-order valence-electron chi connectivity index (χ3n) is 5.87. The summed E-state index contributed by atoms with van der Waals surface area (Å²) < 4.78 is 28.5. The molecule has 2 aromatic carbocycles. The van der Waals surface area contributed by atoms with E-state index in [9.17, 15) is 8.42 Å². The van der Waals surface area contributed by atoms with Crippen LogP contribution in [0.1, 0.15) is 43.0 Å². The molecular weight excluding hydrogens is 392 g/mol. The van der Waals surface area contributed by atoms with Gasteiger partial charge in [-0.1, -0.05) is 69.3 Å². The van der Waals surface area contributed by atoms with Crippen LogP contribution in [0.25, 0.3) is 6.08 Å². The largest absolute Gasteiger partial charge is 0.329 e. The molecule has 0 bridgehead atoms. The van der Waals surface area contributed by atoms with E-state index in [0.29, 0.717) is 18.0 Å². The summed E-state index contributed by atoms with van der Waals surface area (Å²) in [5, 5.41) is 0. The zero-order valence-electron chi connectivity index (χ0n) is 18.9. The summed E-state index contributed by atoms with van der Waals surface area (Å²) in [4.78, 5) is 1.91. The van der Waals surface area contributed by atoms with E-state index < -0.39 is 10.0 Å². The molecule has 1 aliphatic heterocycles. The van der Waals surface area contributed by atoms with Gasteiger partial charge in [-0.05, 0) is 47.6 Å². The molecule has 0 saturated carbocycles. The monoisotopic (exact) mass is 427 g/mol. The third-order valence-corrected chi connectivity index (χ3v) is 8.07. The molecular formula is C25H35N2O2S+. The average Bonchev–Trinajstić information content (AvgIpc) is 2.68. The third kappa shape index (κ3) is 5.20. The summed E-state index contributed by atoms with van der Waals surface area (Å²) in [6, 6.07) is 14.3. The standard InChI is InChI=1S/C25H34N2O2S/c1-20-18-23(25(3,4)5)19-21(2)24(20)30(28,29)27-16-14-26(15-17-27)13-9-12-22-10-7-6-8-11-22/h6-12,18-19H,13-17H2,1-5H3/p+1/b12-9+. The number of piperazine rings is 1. The number of nitrogens with one attached hydrogen (secondary N) is 1. The molecule has 30 heavy (non-hydrogen) atoms. The molecule has 0 unspecified atom stereocenters. The fourth-order valence-corrected chi connectivity index (χ4v) is 5.95. The molecule has 4 nitrogen and oxygen atoms in total. The Kier molecular flexibility index (Phi) is 6.85. The summed E-state index contributed by atoms with van der Waals surface area (Å²) >= 11 is 0. The minimum absolute atomic E-state index is 0.0000646. The Morgan fingerprint density at radius 1 is 1.00 bits per heavy atom. The fourth-order valence-electron chi connectivity index (χ4n) is 4.09. The second kappa shape index (κ2) is 9.04. The summed E-state index contributed by atoms with van der Waals surface area (Å²) in [5.41, 5.74) is 4.07. The Bertz CT molecular complexity index is 974. The lowest BCUT2D eigenvalue weighted by Gasteiger charge is -2.32. The topological polar surface area (TPSA) is 41.8 Å². The van der Waals surface area contributed by atoms with Gasteiger partial charge in [0, 0.05) is 0 Å². The predicted molar refractivity (Wildman–Crippen MR) is 124 cm³/mol. The quantitative estimate of drug-likeness (QED) is 0.796. The van der Waals surface area contributed by atoms with Crippen LogP contribution in [0.2, 0.25) is 0 Å². The van der Waals surface area contributed by atoms with Crippen molar-refractivity contribution in [3.8, 4) is 0 Å². The second-order valence-corrected chi connectivity index (χ2v) is 11.2. The minimum Gasteiger partial charge on any atom is -0.329 e. The maximum Gasteiger partial charge on any atom is 0.244 e. The van der Waals surface area contributed by atoms with E-state index in [2.05, 4.69) is 45.1 Å². The van der Waals surface area contributed by atoms with Crippen molar-refractivity contribution in [2.24, 2.45) is 0 Å². The van der Waals surface area contributed by atoms with Crippen LogP contribution in [-0.2, 0) is 15.4 Å². The van der Waals surface area contributed by atoms with Crippen LogP contribution in [0.4, 0.5) is 0 Å². The summed E-state index contributed by atoms with van der Waals surface area (Å²) in [5.74, 6) is 0. The number of sulfonamides is 1. The highest BCUT2D eigenvalue weighted by Crippen LogP contribution is 2.30. The van der Waals surface area contributed by atoms with Crippen LogP contribution < -0.4 is 4.90 Å². The zero-order chi connectivity index (χ0) is 21.9. The van der Waals surface area contributed by atoms with Gasteiger partial charge < -0.3 is 4.90 Å². The van der Waals surface area contributed by atoms with Crippen LogP contribution in [0, 0.1) is 13.8 Å². The lowest BCUT2D eigenvalue weighted by molar-refractivity contribution is -0.897. The fraction of sp³-hybridized carbons (Fsp3) is 0.440. The van der Waals surface area contributed by atoms with Crippen molar-refractivity contribution in [2.75, 3.05) is 32.7 Å². The molecule has 1 saturated heterocycles. The molecule has 1 aliphatic rings. The highest BCUT2D eigenvalue weighted by atomic mass is 32.2. The van der Waals surface area contributed by atoms with Crippen LogP contribution in [0.15, 0.2) is 53.4 Å². The molecule has 0 aromatic heterocycles. The van der Waals surface area contributed by atoms with E-state index >= 15 is 0 Å². The molecule has 162 valence electrons. The Morgan fingerprint density at radius 3 is 2.10 bits per heavy atom. The normalized spacial score (nSPS) is 17.0.